The van der Waals surface area contributed by atoms with E-state index in [9.17, 15) is 14.7 Å². The summed E-state index contributed by atoms with van der Waals surface area (Å²) >= 11 is 0. The van der Waals surface area contributed by atoms with Crippen molar-refractivity contribution in [1.82, 2.24) is 24.4 Å². The first-order valence-electron chi connectivity index (χ1n) is 10.8. The molecule has 1 aliphatic rings. The number of hydrogen-bond acceptors (Lipinski definition) is 6. The Kier molecular flexibility index (Phi) is 6.24. The number of aromatic hydroxyl groups is 1. The van der Waals surface area contributed by atoms with Crippen molar-refractivity contribution in [2.45, 2.75) is 58.3 Å². The van der Waals surface area contributed by atoms with Crippen molar-refractivity contribution < 1.29 is 9.84 Å². The molecule has 0 saturated carbocycles. The van der Waals surface area contributed by atoms with Gasteiger partial charge in [-0.25, -0.2) is 9.78 Å². The van der Waals surface area contributed by atoms with Crippen molar-refractivity contribution in [3.63, 3.8) is 0 Å². The van der Waals surface area contributed by atoms with Crippen LogP contribution < -0.4 is 16.6 Å². The summed E-state index contributed by atoms with van der Waals surface area (Å²) in [7, 11) is 1.61. The molecule has 166 valence electrons. The number of rotatable bonds is 8. The van der Waals surface area contributed by atoms with Gasteiger partial charge in [0.15, 0.2) is 11.2 Å². The van der Waals surface area contributed by atoms with E-state index in [-0.39, 0.29) is 6.04 Å². The SMILES string of the molecule is CCCn1c(=O)[nH]c(=O)c2c1nc(CNC1CCCc3c(O)cccc31)n2CCOC. The van der Waals surface area contributed by atoms with Crippen LogP contribution in [-0.2, 0) is 30.8 Å². The molecule has 3 N–H and O–H groups in total. The normalized spacial score (nSPS) is 16.0. The molecule has 3 aromatic rings. The second kappa shape index (κ2) is 9.07. The second-order valence-electron chi connectivity index (χ2n) is 7.93. The van der Waals surface area contributed by atoms with E-state index < -0.39 is 11.2 Å². The van der Waals surface area contributed by atoms with Crippen molar-refractivity contribution in [3.05, 3.63) is 56.0 Å². The van der Waals surface area contributed by atoms with Gasteiger partial charge in [0.05, 0.1) is 13.2 Å². The fourth-order valence-corrected chi connectivity index (χ4v) is 4.46. The molecular formula is C22H29N5O4. The van der Waals surface area contributed by atoms with Crippen LogP contribution in [0.5, 0.6) is 5.75 Å². The molecule has 0 bridgehead atoms. The summed E-state index contributed by atoms with van der Waals surface area (Å²) in [5.41, 5.74) is 2.02. The molecule has 0 amide bonds. The quantitative estimate of drug-likeness (QED) is 0.505. The second-order valence-corrected chi connectivity index (χ2v) is 7.93. The zero-order chi connectivity index (χ0) is 22.0. The number of H-pyrrole nitrogens is 1. The minimum absolute atomic E-state index is 0.0858. The molecule has 0 spiro atoms. The Balaban J connectivity index is 1.72. The predicted molar refractivity (Wildman–Crippen MR) is 117 cm³/mol. The Morgan fingerprint density at radius 2 is 2.13 bits per heavy atom. The third-order valence-corrected chi connectivity index (χ3v) is 5.92. The van der Waals surface area contributed by atoms with Gasteiger partial charge in [-0.2, -0.15) is 0 Å². The molecule has 4 rings (SSSR count). The highest BCUT2D eigenvalue weighted by atomic mass is 16.5. The van der Waals surface area contributed by atoms with Gasteiger partial charge in [-0.05, 0) is 42.9 Å². The number of ether oxygens (including phenoxy) is 1. The van der Waals surface area contributed by atoms with E-state index in [2.05, 4.69) is 10.3 Å². The number of hydrogen-bond donors (Lipinski definition) is 3. The Morgan fingerprint density at radius 3 is 2.90 bits per heavy atom. The van der Waals surface area contributed by atoms with Crippen LogP contribution in [0.4, 0.5) is 0 Å². The van der Waals surface area contributed by atoms with Gasteiger partial charge in [-0.15, -0.1) is 0 Å². The van der Waals surface area contributed by atoms with Crippen LogP contribution in [0.1, 0.15) is 49.2 Å². The molecular weight excluding hydrogens is 398 g/mol. The Hall–Kier alpha value is -2.91. The number of phenols is 1. The standard InChI is InChI=1S/C22H29N5O4/c1-3-10-27-20-19(21(29)25-22(27)30)26(11-12-31-2)18(24-20)13-23-16-8-4-7-15-14(16)6-5-9-17(15)28/h5-6,9,16,23,28H,3-4,7-8,10-13H2,1-2H3,(H,25,29,30). The third-order valence-electron chi connectivity index (χ3n) is 5.92. The van der Waals surface area contributed by atoms with Crippen molar-refractivity contribution >= 4 is 11.2 Å². The number of nitrogens with zero attached hydrogens (tertiary/aromatic N) is 3. The van der Waals surface area contributed by atoms with Gasteiger partial charge in [0.1, 0.15) is 11.6 Å². The summed E-state index contributed by atoms with van der Waals surface area (Å²) in [6, 6.07) is 5.72. The lowest BCUT2D eigenvalue weighted by molar-refractivity contribution is 0.187. The molecule has 1 atom stereocenters. The number of imidazole rings is 1. The molecule has 1 aromatic carbocycles. The number of phenolic OH excluding ortho intramolecular Hbond substituents is 1. The van der Waals surface area contributed by atoms with Gasteiger partial charge < -0.3 is 19.7 Å². The maximum Gasteiger partial charge on any atom is 0.330 e. The fraction of sp³-hybridized carbons (Fsp3) is 0.500. The molecule has 2 heterocycles. The Labute approximate surface area is 179 Å². The molecule has 0 aliphatic heterocycles. The molecule has 0 saturated heterocycles. The van der Waals surface area contributed by atoms with Gasteiger partial charge in [-0.3, -0.25) is 14.3 Å². The third kappa shape index (κ3) is 4.03. The topological polar surface area (TPSA) is 114 Å². The lowest BCUT2D eigenvalue weighted by Crippen LogP contribution is -2.31. The number of aromatic amines is 1. The van der Waals surface area contributed by atoms with Gasteiger partial charge in [0.25, 0.3) is 5.56 Å². The molecule has 9 nitrogen and oxygen atoms in total. The van der Waals surface area contributed by atoms with Crippen LogP contribution in [0.25, 0.3) is 11.2 Å². The minimum atomic E-state index is -0.438. The lowest BCUT2D eigenvalue weighted by atomic mass is 9.87. The Morgan fingerprint density at radius 1 is 1.29 bits per heavy atom. The van der Waals surface area contributed by atoms with Crippen LogP contribution >= 0.6 is 0 Å². The van der Waals surface area contributed by atoms with Crippen LogP contribution in [0.3, 0.4) is 0 Å². The zero-order valence-corrected chi connectivity index (χ0v) is 18.0. The highest BCUT2D eigenvalue weighted by molar-refractivity contribution is 5.71. The smallest absolute Gasteiger partial charge is 0.330 e. The zero-order valence-electron chi connectivity index (χ0n) is 18.0. The van der Waals surface area contributed by atoms with Crippen molar-refractivity contribution in [2.75, 3.05) is 13.7 Å². The van der Waals surface area contributed by atoms with Crippen LogP contribution in [0, 0.1) is 0 Å². The molecule has 1 unspecified atom stereocenters. The number of aryl methyl sites for hydroxylation is 1. The van der Waals surface area contributed by atoms with Crippen molar-refractivity contribution in [2.24, 2.45) is 0 Å². The van der Waals surface area contributed by atoms with E-state index in [1.807, 2.05) is 23.6 Å². The first-order valence-corrected chi connectivity index (χ1v) is 10.8. The largest absolute Gasteiger partial charge is 0.508 e. The molecule has 2 aromatic heterocycles. The maximum atomic E-state index is 12.6. The molecule has 1 aliphatic carbocycles. The Bertz CT molecular complexity index is 1190. The first-order chi connectivity index (χ1) is 15.0. The first kappa shape index (κ1) is 21.3. The van der Waals surface area contributed by atoms with E-state index in [0.29, 0.717) is 49.0 Å². The highest BCUT2D eigenvalue weighted by Gasteiger charge is 2.24. The monoisotopic (exact) mass is 427 g/mol. The predicted octanol–water partition coefficient (Wildman–Crippen LogP) is 1.82. The summed E-state index contributed by atoms with van der Waals surface area (Å²) in [5, 5.41) is 13.8. The van der Waals surface area contributed by atoms with Gasteiger partial charge >= 0.3 is 5.69 Å². The summed E-state index contributed by atoms with van der Waals surface area (Å²) in [5.74, 6) is 1.02. The van der Waals surface area contributed by atoms with Gasteiger partial charge in [0, 0.05) is 26.2 Å². The van der Waals surface area contributed by atoms with Crippen molar-refractivity contribution in [3.8, 4) is 5.75 Å². The average Bonchev–Trinajstić information content (AvgIpc) is 3.12. The highest BCUT2D eigenvalue weighted by Crippen LogP contribution is 2.34. The summed E-state index contributed by atoms with van der Waals surface area (Å²) in [6.45, 7) is 3.77. The number of fused-ring (bicyclic) bond motifs is 2. The average molecular weight is 428 g/mol. The van der Waals surface area contributed by atoms with E-state index in [1.54, 1.807) is 13.2 Å². The van der Waals surface area contributed by atoms with E-state index in [0.717, 1.165) is 36.8 Å². The van der Waals surface area contributed by atoms with Crippen molar-refractivity contribution in [1.29, 1.82) is 0 Å². The van der Waals surface area contributed by atoms with Crippen LogP contribution in [0.2, 0.25) is 0 Å². The summed E-state index contributed by atoms with van der Waals surface area (Å²) < 4.78 is 8.60. The number of methoxy groups -OCH3 is 1. The van der Waals surface area contributed by atoms with Crippen LogP contribution in [-0.4, -0.2) is 37.9 Å². The van der Waals surface area contributed by atoms with Gasteiger partial charge in [0.2, 0.25) is 0 Å². The lowest BCUT2D eigenvalue weighted by Gasteiger charge is -2.27. The van der Waals surface area contributed by atoms with E-state index in [4.69, 9.17) is 9.72 Å². The number of aromatic nitrogens is 4. The number of benzene rings is 1. The molecule has 0 fully saturated rings. The van der Waals surface area contributed by atoms with E-state index >= 15 is 0 Å². The van der Waals surface area contributed by atoms with E-state index in [1.165, 1.54) is 4.57 Å². The maximum absolute atomic E-state index is 12.6. The summed E-state index contributed by atoms with van der Waals surface area (Å²) in [6.07, 6.45) is 3.56. The number of nitrogens with one attached hydrogen (secondary N) is 2. The summed E-state index contributed by atoms with van der Waals surface area (Å²) in [4.78, 5) is 32.1. The minimum Gasteiger partial charge on any atom is -0.508 e. The van der Waals surface area contributed by atoms with Crippen LogP contribution in [0.15, 0.2) is 27.8 Å². The molecule has 31 heavy (non-hydrogen) atoms. The fourth-order valence-electron chi connectivity index (χ4n) is 4.46. The molecule has 9 heteroatoms. The van der Waals surface area contributed by atoms with Gasteiger partial charge in [-0.1, -0.05) is 19.1 Å². The molecule has 0 radical (unpaired) electrons.